The van der Waals surface area contributed by atoms with Gasteiger partial charge in [0.2, 0.25) is 0 Å². The van der Waals surface area contributed by atoms with Gasteiger partial charge in [0.25, 0.3) is 21.6 Å². The van der Waals surface area contributed by atoms with Crippen molar-refractivity contribution >= 4 is 85.7 Å². The number of halogens is 2. The molecule has 0 radical (unpaired) electrons. The van der Waals surface area contributed by atoms with Crippen LogP contribution < -0.4 is 52.6 Å². The largest absolute Gasteiger partial charge is 0.876 e. The Morgan fingerprint density at radius 1 is 0.342 bits per heavy atom. The molecule has 1 aliphatic rings. The van der Waals surface area contributed by atoms with Gasteiger partial charge in [-0.15, -0.1) is 11.5 Å². The van der Waals surface area contributed by atoms with E-state index in [9.17, 15) is 19.8 Å². The van der Waals surface area contributed by atoms with Crippen molar-refractivity contribution in [1.29, 1.82) is 0 Å². The van der Waals surface area contributed by atoms with Gasteiger partial charge in [-0.2, -0.15) is 0 Å². The number of hydrogen-bond donors (Lipinski definition) is 0. The molecule has 0 spiro atoms. The summed E-state index contributed by atoms with van der Waals surface area (Å²) in [5, 5.41) is 34.1. The van der Waals surface area contributed by atoms with Gasteiger partial charge in [-0.25, -0.2) is 0 Å². The summed E-state index contributed by atoms with van der Waals surface area (Å²) < 4.78 is 0. The minimum Gasteiger partial charge on any atom is -0.876 e. The van der Waals surface area contributed by atoms with E-state index >= 15 is 0 Å². The third-order valence-electron chi connectivity index (χ3n) is 10.2. The first-order valence-electron chi connectivity index (χ1n) is 23.4. The van der Waals surface area contributed by atoms with Gasteiger partial charge in [-0.05, 0) is 100 Å². The second kappa shape index (κ2) is 35.3. The number of rotatable bonds is 14. The molecule has 1 aliphatic heterocycles. The van der Waals surface area contributed by atoms with Crippen LogP contribution in [0.2, 0.25) is 0 Å². The molecule has 9 rings (SSSR count). The molecule has 0 aromatic heterocycles. The number of carbonyl (C=O) groups is 2. The summed E-state index contributed by atoms with van der Waals surface area (Å²) >= 11 is 0. The van der Waals surface area contributed by atoms with Gasteiger partial charge in [-0.1, -0.05) is 257 Å². The zero-order chi connectivity index (χ0) is 51.2. The molecule has 11 heteroatoms. The smallest absolute Gasteiger partial charge is 0.393 e. The average Bonchev–Trinajstić information content (AvgIpc) is 3.38. The number of ketones is 2. The van der Waals surface area contributed by atoms with Crippen LogP contribution in [-0.4, -0.2) is 34.1 Å². The minimum atomic E-state index is -0.409. The first-order valence-corrected chi connectivity index (χ1v) is 31.6. The van der Waals surface area contributed by atoms with Crippen LogP contribution in [0.25, 0.3) is 0 Å². The summed E-state index contributed by atoms with van der Waals surface area (Å²) in [7, 11) is 3.03. The van der Waals surface area contributed by atoms with Gasteiger partial charge in [0.05, 0.1) is 0 Å². The van der Waals surface area contributed by atoms with E-state index in [1.165, 1.54) is 92.6 Å². The van der Waals surface area contributed by atoms with Gasteiger partial charge in [-0.3, -0.25) is 9.59 Å². The predicted molar refractivity (Wildman–Crippen MR) is 305 cm³/mol. The Kier molecular flexibility index (Phi) is 29.4. The Morgan fingerprint density at radius 2 is 0.479 bits per heavy atom. The Labute approximate surface area is 459 Å². The van der Waals surface area contributed by atoms with E-state index in [0.29, 0.717) is 0 Å². The summed E-state index contributed by atoms with van der Waals surface area (Å²) in [6.07, 6.45) is 2.11. The van der Waals surface area contributed by atoms with Gasteiger partial charge < -0.3 is 10.2 Å². The maximum atomic E-state index is 9.98. The van der Waals surface area contributed by atoms with Gasteiger partial charge in [0.1, 0.15) is 0 Å². The summed E-state index contributed by atoms with van der Waals surface area (Å²) in [6, 6.07) is 88.3. The zero-order valence-corrected chi connectivity index (χ0v) is 48.4. The Bertz CT molecular complexity index is 2270. The number of hydrogen-bond acceptors (Lipinski definition) is 4. The molecule has 0 atom stereocenters. The minimum absolute atomic E-state index is 0. The average molecular weight is 1170 g/mol. The topological polar surface area (TPSA) is 80.3 Å². The van der Waals surface area contributed by atoms with Crippen molar-refractivity contribution in [2.75, 3.05) is 22.5 Å². The van der Waals surface area contributed by atoms with Crippen LogP contribution in [0.4, 0.5) is 0 Å². The molecule has 0 bridgehead atoms. The van der Waals surface area contributed by atoms with E-state index < -0.39 is 31.7 Å². The van der Waals surface area contributed by atoms with Crippen molar-refractivity contribution in [2.45, 2.75) is 27.7 Å². The summed E-state index contributed by atoms with van der Waals surface area (Å²) in [4.78, 5) is 20.0. The van der Waals surface area contributed by atoms with Crippen LogP contribution in [0, 0.1) is 21.6 Å². The molecule has 0 aliphatic carbocycles. The second-order valence-electron chi connectivity index (χ2n) is 16.0. The molecule has 0 unspecified atom stereocenters. The van der Waals surface area contributed by atoms with E-state index in [1.54, 1.807) is 0 Å². The van der Waals surface area contributed by atoms with Gasteiger partial charge in [0.15, 0.2) is 11.6 Å². The van der Waals surface area contributed by atoms with E-state index in [-0.39, 0.29) is 42.6 Å². The van der Waals surface area contributed by atoms with Crippen molar-refractivity contribution in [3.63, 3.8) is 0 Å². The normalized spacial score (nSPS) is 11.7. The van der Waals surface area contributed by atoms with Crippen LogP contribution in [0.1, 0.15) is 27.7 Å². The summed E-state index contributed by atoms with van der Waals surface area (Å²) in [5.74, 6) is 1.60. The molecule has 1 heterocycles. The molecular weight excluding hydrogens is 1100 g/mol. The molecule has 4 nitrogen and oxygen atoms in total. The third kappa shape index (κ3) is 23.0. The van der Waals surface area contributed by atoms with Crippen molar-refractivity contribution in [3.05, 3.63) is 266 Å². The fourth-order valence-corrected chi connectivity index (χ4v) is 20.5. The van der Waals surface area contributed by atoms with Crippen LogP contribution in [0.5, 0.6) is 0 Å². The number of carbonyl (C=O) groups excluding carboxylic acids is 2. The van der Waals surface area contributed by atoms with E-state index in [4.69, 9.17) is 0 Å². The SMILES string of the molecule is C1[Cl+]C[Cl+]1.CC(=O)/C=C(/C)[O-].CC(=O)/C=C(/C)[O-].[Ru].c1ccc(P(CP(c2ccccc2)c2ccccc2)c2ccccc2)cc1.c1ccc(P(CP(c2ccccc2)c2ccccc2)c2ccccc2)cc1. The maximum absolute atomic E-state index is 9.98. The first kappa shape index (κ1) is 60.7. The fourth-order valence-electron chi connectivity index (χ4n) is 7.04. The third-order valence-corrected chi connectivity index (χ3v) is 24.4. The van der Waals surface area contributed by atoms with Crippen LogP contribution in [0.15, 0.2) is 266 Å². The Hall–Kier alpha value is -4.90. The molecular formula is C62H62Cl2O4P4Ru. The van der Waals surface area contributed by atoms with E-state index in [2.05, 4.69) is 264 Å². The number of allylic oxidation sites excluding steroid dienone is 4. The molecule has 0 N–H and O–H groups in total. The van der Waals surface area contributed by atoms with Crippen LogP contribution in [-0.2, 0) is 29.1 Å². The molecule has 8 aromatic carbocycles. The van der Waals surface area contributed by atoms with Crippen molar-refractivity contribution in [2.24, 2.45) is 0 Å². The maximum Gasteiger partial charge on any atom is 0.393 e. The fraction of sp³-hybridized carbons (Fsp3) is 0.129. The Balaban J connectivity index is 0.000000235. The summed E-state index contributed by atoms with van der Waals surface area (Å²) in [6.45, 7) is 5.39. The first-order chi connectivity index (χ1) is 35.1. The van der Waals surface area contributed by atoms with Crippen LogP contribution >= 0.6 is 31.7 Å². The number of benzene rings is 8. The van der Waals surface area contributed by atoms with E-state index in [0.717, 1.165) is 12.2 Å². The summed E-state index contributed by atoms with van der Waals surface area (Å²) in [5.41, 5.74) is 0. The quantitative estimate of drug-likeness (QED) is 0.0357. The molecule has 1 fully saturated rings. The van der Waals surface area contributed by atoms with Gasteiger partial charge >= 0.3 is 10.7 Å². The second-order valence-corrected chi connectivity index (χ2v) is 28.2. The molecule has 73 heavy (non-hydrogen) atoms. The molecule has 0 saturated carbocycles. The zero-order valence-electron chi connectivity index (χ0n) is 41.6. The Morgan fingerprint density at radius 3 is 0.562 bits per heavy atom. The van der Waals surface area contributed by atoms with Gasteiger partial charge in [0, 0.05) is 31.3 Å². The molecule has 1 saturated heterocycles. The van der Waals surface area contributed by atoms with E-state index in [1.807, 2.05) is 0 Å². The monoisotopic (exact) mass is 1170 g/mol. The van der Waals surface area contributed by atoms with Crippen molar-refractivity contribution in [3.8, 4) is 0 Å². The van der Waals surface area contributed by atoms with Crippen molar-refractivity contribution < 1.29 is 60.9 Å². The molecule has 376 valence electrons. The van der Waals surface area contributed by atoms with Crippen LogP contribution in [0.3, 0.4) is 0 Å². The predicted octanol–water partition coefficient (Wildman–Crippen LogP) is 10.2. The molecule has 8 aromatic rings. The number of alkyl halides is 4. The standard InChI is InChI=1S/2C25H22P2.2C5H8O2.C2H4Cl2.Ru/c2*1-5-13-22(14-6-1)26(23-15-7-2-8-16-23)21-27(24-17-9-3-10-18-24)25-19-11-4-12-20-25;2*1-4(6)3-5(2)7;1-3-2-4-1;/h2*1-20H,21H2;2*3,6H,1-2H3;1-2H2;/q;;;;+2;/p-2/b;;2*4-3-;;. The molecule has 0 amide bonds. The van der Waals surface area contributed by atoms with Crippen molar-refractivity contribution in [1.82, 2.24) is 0 Å².